The van der Waals surface area contributed by atoms with Crippen LogP contribution in [0.4, 0.5) is 5.69 Å². The first-order valence-corrected chi connectivity index (χ1v) is 16.3. The summed E-state index contributed by atoms with van der Waals surface area (Å²) in [5, 5.41) is 0. The first kappa shape index (κ1) is 30.3. The number of amides is 1. The van der Waals surface area contributed by atoms with Gasteiger partial charge in [-0.25, -0.2) is 0 Å². The second kappa shape index (κ2) is 13.2. The van der Waals surface area contributed by atoms with Crippen molar-refractivity contribution in [2.45, 2.75) is 44.2 Å². The predicted octanol–water partition coefficient (Wildman–Crippen LogP) is 7.97. The van der Waals surface area contributed by atoms with E-state index in [9.17, 15) is 4.79 Å². The van der Waals surface area contributed by atoms with Gasteiger partial charge in [-0.2, -0.15) is 0 Å². The molecule has 0 saturated carbocycles. The van der Waals surface area contributed by atoms with Gasteiger partial charge in [0.2, 0.25) is 5.91 Å². The molecule has 236 valence electrons. The lowest BCUT2D eigenvalue weighted by molar-refractivity contribution is -0.146. The summed E-state index contributed by atoms with van der Waals surface area (Å²) in [5.41, 5.74) is 4.64. The lowest BCUT2D eigenvalue weighted by atomic mass is 9.71. The smallest absolute Gasteiger partial charge is 0.307 e. The Kier molecular flexibility index (Phi) is 8.49. The molecule has 6 heteroatoms. The van der Waals surface area contributed by atoms with Gasteiger partial charge in [0.15, 0.2) is 0 Å². The van der Waals surface area contributed by atoms with Gasteiger partial charge in [0.05, 0.1) is 25.7 Å². The van der Waals surface area contributed by atoms with Crippen molar-refractivity contribution in [1.29, 1.82) is 0 Å². The molecular formula is C41H37NO5. The minimum absolute atomic E-state index is 0.176. The van der Waals surface area contributed by atoms with E-state index in [0.29, 0.717) is 24.5 Å². The zero-order valence-electron chi connectivity index (χ0n) is 26.4. The van der Waals surface area contributed by atoms with E-state index in [2.05, 4.69) is 0 Å². The van der Waals surface area contributed by atoms with Gasteiger partial charge in [0.25, 0.3) is 0 Å². The fourth-order valence-corrected chi connectivity index (χ4v) is 7.02. The highest BCUT2D eigenvalue weighted by Gasteiger charge is 2.57. The van der Waals surface area contributed by atoms with Gasteiger partial charge in [-0.15, -0.1) is 0 Å². The summed E-state index contributed by atoms with van der Waals surface area (Å²) in [7, 11) is 0. The number of rotatable bonds is 10. The van der Waals surface area contributed by atoms with Crippen LogP contribution in [0.25, 0.3) is 0 Å². The highest BCUT2D eigenvalue weighted by atomic mass is 16.5. The van der Waals surface area contributed by atoms with E-state index in [4.69, 9.17) is 14.2 Å². The molecule has 0 saturated heterocycles. The second-order valence-electron chi connectivity index (χ2n) is 12.0. The second-order valence-corrected chi connectivity index (χ2v) is 12.0. The SMILES string of the molecule is CCOC(=O)CC1(c2cc3c(cc2OCc2ccccc2)OCCC3)C(=O)N(C(c2ccccc2)c2ccccc2)c2ccccc21. The first-order valence-electron chi connectivity index (χ1n) is 16.3. The van der Waals surface area contributed by atoms with Crippen molar-refractivity contribution in [3.05, 3.63) is 161 Å². The maximum atomic E-state index is 15.6. The largest absolute Gasteiger partial charge is 0.493 e. The molecule has 0 aliphatic carbocycles. The van der Waals surface area contributed by atoms with Gasteiger partial charge >= 0.3 is 5.97 Å². The predicted molar refractivity (Wildman–Crippen MR) is 182 cm³/mol. The average molecular weight is 624 g/mol. The third kappa shape index (κ3) is 5.65. The Morgan fingerprint density at radius 3 is 2.15 bits per heavy atom. The van der Waals surface area contributed by atoms with Gasteiger partial charge in [-0.05, 0) is 59.7 Å². The van der Waals surface area contributed by atoms with Crippen LogP contribution < -0.4 is 14.4 Å². The number of hydrogen-bond acceptors (Lipinski definition) is 5. The Morgan fingerprint density at radius 2 is 1.47 bits per heavy atom. The van der Waals surface area contributed by atoms with Gasteiger partial charge in [-0.1, -0.05) is 109 Å². The number of carbonyl (C=O) groups is 2. The van der Waals surface area contributed by atoms with Crippen LogP contribution in [0.1, 0.15) is 59.2 Å². The van der Waals surface area contributed by atoms with Crippen LogP contribution in [0, 0.1) is 0 Å². The van der Waals surface area contributed by atoms with E-state index in [-0.39, 0.29) is 18.9 Å². The number of benzene rings is 5. The van der Waals surface area contributed by atoms with E-state index >= 15 is 4.79 Å². The number of nitrogens with zero attached hydrogens (tertiary/aromatic N) is 1. The number of esters is 1. The lowest BCUT2D eigenvalue weighted by Gasteiger charge is -2.34. The average Bonchev–Trinajstić information content (AvgIpc) is 3.36. The Labute approximate surface area is 275 Å². The molecule has 0 spiro atoms. The third-order valence-corrected chi connectivity index (χ3v) is 9.12. The minimum Gasteiger partial charge on any atom is -0.493 e. The summed E-state index contributed by atoms with van der Waals surface area (Å²) in [6, 6.07) is 41.3. The van der Waals surface area contributed by atoms with Crippen LogP contribution in [-0.2, 0) is 32.8 Å². The van der Waals surface area contributed by atoms with Crippen LogP contribution in [0.3, 0.4) is 0 Å². The van der Waals surface area contributed by atoms with Crippen LogP contribution in [-0.4, -0.2) is 25.1 Å². The molecule has 47 heavy (non-hydrogen) atoms. The quantitative estimate of drug-likeness (QED) is 0.148. The molecule has 7 rings (SSSR count). The van der Waals surface area contributed by atoms with Gasteiger partial charge in [0.1, 0.15) is 23.5 Å². The highest BCUT2D eigenvalue weighted by molar-refractivity contribution is 6.13. The summed E-state index contributed by atoms with van der Waals surface area (Å²) in [6.07, 6.45) is 1.49. The van der Waals surface area contributed by atoms with E-state index in [1.165, 1.54) is 0 Å². The summed E-state index contributed by atoms with van der Waals surface area (Å²) >= 11 is 0. The van der Waals surface area contributed by atoms with Crippen molar-refractivity contribution in [3.63, 3.8) is 0 Å². The highest BCUT2D eigenvalue weighted by Crippen LogP contribution is 2.55. The zero-order valence-corrected chi connectivity index (χ0v) is 26.4. The summed E-state index contributed by atoms with van der Waals surface area (Å²) in [5.74, 6) is 0.610. The van der Waals surface area contributed by atoms with E-state index in [0.717, 1.165) is 52.1 Å². The van der Waals surface area contributed by atoms with Gasteiger partial charge in [-0.3, -0.25) is 14.5 Å². The van der Waals surface area contributed by atoms with Crippen LogP contribution in [0.2, 0.25) is 0 Å². The van der Waals surface area contributed by atoms with Gasteiger partial charge in [0, 0.05) is 17.3 Å². The van der Waals surface area contributed by atoms with Crippen LogP contribution >= 0.6 is 0 Å². The zero-order chi connectivity index (χ0) is 32.2. The Morgan fingerprint density at radius 1 is 0.830 bits per heavy atom. The van der Waals surface area contributed by atoms with E-state index in [1.54, 1.807) is 6.92 Å². The van der Waals surface area contributed by atoms with E-state index in [1.807, 2.05) is 132 Å². The number of ether oxygens (including phenoxy) is 3. The molecule has 5 aromatic carbocycles. The van der Waals surface area contributed by atoms with Crippen molar-refractivity contribution in [3.8, 4) is 11.5 Å². The van der Waals surface area contributed by atoms with E-state index < -0.39 is 17.4 Å². The third-order valence-electron chi connectivity index (χ3n) is 9.12. The molecular weight excluding hydrogens is 586 g/mol. The monoisotopic (exact) mass is 623 g/mol. The molecule has 0 N–H and O–H groups in total. The fraction of sp³-hybridized carbons (Fsp3) is 0.220. The first-order chi connectivity index (χ1) is 23.1. The Balaban J connectivity index is 1.46. The summed E-state index contributed by atoms with van der Waals surface area (Å²) < 4.78 is 18.3. The normalized spacial score (nSPS) is 16.7. The standard InChI is InChI=1S/C41H37NO5/c1-2-45-38(43)27-41(34-25-32-21-14-24-46-36(32)26-37(34)47-28-29-15-6-3-7-16-29)33-22-12-13-23-35(33)42(40(41)44)39(30-17-8-4-9-18-30)31-19-10-5-11-20-31/h3-13,15-20,22-23,25-26,39H,2,14,21,24,27-28H2,1H3. The molecule has 1 amide bonds. The number of para-hydroxylation sites is 1. The van der Waals surface area contributed by atoms with Crippen molar-refractivity contribution in [1.82, 2.24) is 0 Å². The molecule has 1 atom stereocenters. The lowest BCUT2D eigenvalue weighted by Crippen LogP contribution is -2.45. The molecule has 5 aromatic rings. The van der Waals surface area contributed by atoms with Crippen molar-refractivity contribution < 1.29 is 23.8 Å². The van der Waals surface area contributed by atoms with Crippen LogP contribution in [0.5, 0.6) is 11.5 Å². The fourth-order valence-electron chi connectivity index (χ4n) is 7.02. The molecule has 0 fully saturated rings. The summed E-state index contributed by atoms with van der Waals surface area (Å²) in [4.78, 5) is 31.2. The molecule has 0 aromatic heterocycles. The number of carbonyl (C=O) groups excluding carboxylic acids is 2. The number of anilines is 1. The topological polar surface area (TPSA) is 65.1 Å². The maximum absolute atomic E-state index is 15.6. The Bertz CT molecular complexity index is 1840. The Hall–Kier alpha value is -5.36. The molecule has 2 aliphatic rings. The van der Waals surface area contributed by atoms with Crippen LogP contribution in [0.15, 0.2) is 127 Å². The molecule has 0 bridgehead atoms. The molecule has 2 aliphatic heterocycles. The van der Waals surface area contributed by atoms with Crippen molar-refractivity contribution in [2.75, 3.05) is 18.1 Å². The minimum atomic E-state index is -1.41. The van der Waals surface area contributed by atoms with Gasteiger partial charge < -0.3 is 14.2 Å². The number of hydrogen-bond donors (Lipinski definition) is 0. The molecule has 2 heterocycles. The number of fused-ring (bicyclic) bond motifs is 2. The molecule has 1 unspecified atom stereocenters. The van der Waals surface area contributed by atoms with Crippen molar-refractivity contribution >= 4 is 17.6 Å². The molecule has 6 nitrogen and oxygen atoms in total. The number of aryl methyl sites for hydroxylation is 1. The van der Waals surface area contributed by atoms with Crippen molar-refractivity contribution in [2.24, 2.45) is 0 Å². The summed E-state index contributed by atoms with van der Waals surface area (Å²) in [6.45, 7) is 2.90. The molecule has 0 radical (unpaired) electrons. The maximum Gasteiger partial charge on any atom is 0.307 e.